The Balaban J connectivity index is 2.85. The van der Waals surface area contributed by atoms with Crippen LogP contribution in [0, 0.1) is 5.92 Å². The van der Waals surface area contributed by atoms with E-state index in [9.17, 15) is 9.59 Å². The van der Waals surface area contributed by atoms with E-state index >= 15 is 0 Å². The molecule has 5 nitrogen and oxygen atoms in total. The van der Waals surface area contributed by atoms with Crippen LogP contribution in [0.25, 0.3) is 0 Å². The normalized spacial score (nSPS) is 26.4. The SMILES string of the molecule is COCC(C)N1C(=O)C(CC(C)C)NC(=O)C1C. The molecule has 1 fully saturated rings. The van der Waals surface area contributed by atoms with Gasteiger partial charge < -0.3 is 15.0 Å². The van der Waals surface area contributed by atoms with Gasteiger partial charge in [0.15, 0.2) is 0 Å². The Morgan fingerprint density at radius 2 is 1.94 bits per heavy atom. The average Bonchev–Trinajstić information content (AvgIpc) is 2.26. The van der Waals surface area contributed by atoms with Gasteiger partial charge >= 0.3 is 0 Å². The fraction of sp³-hybridized carbons (Fsp3) is 0.846. The summed E-state index contributed by atoms with van der Waals surface area (Å²) < 4.78 is 5.08. The molecule has 0 aromatic rings. The summed E-state index contributed by atoms with van der Waals surface area (Å²) in [7, 11) is 1.60. The van der Waals surface area contributed by atoms with Gasteiger partial charge in [-0.25, -0.2) is 0 Å². The molecule has 1 saturated heterocycles. The lowest BCUT2D eigenvalue weighted by Crippen LogP contribution is -2.65. The molecule has 0 radical (unpaired) electrons. The van der Waals surface area contributed by atoms with Crippen molar-refractivity contribution in [3.63, 3.8) is 0 Å². The number of methoxy groups -OCH3 is 1. The van der Waals surface area contributed by atoms with Gasteiger partial charge in [-0.05, 0) is 26.2 Å². The minimum atomic E-state index is -0.425. The number of nitrogens with zero attached hydrogens (tertiary/aromatic N) is 1. The van der Waals surface area contributed by atoms with Crippen LogP contribution in [0.2, 0.25) is 0 Å². The number of ether oxygens (including phenoxy) is 1. The number of hydrogen-bond acceptors (Lipinski definition) is 3. The third-order valence-electron chi connectivity index (χ3n) is 3.26. The maximum absolute atomic E-state index is 12.4. The van der Waals surface area contributed by atoms with Crippen LogP contribution in [0.3, 0.4) is 0 Å². The first kappa shape index (κ1) is 15.0. The third kappa shape index (κ3) is 3.22. The number of piperazine rings is 1. The third-order valence-corrected chi connectivity index (χ3v) is 3.26. The summed E-state index contributed by atoms with van der Waals surface area (Å²) in [4.78, 5) is 25.9. The molecular formula is C13H24N2O3. The molecule has 0 aromatic carbocycles. The molecule has 1 N–H and O–H groups in total. The van der Waals surface area contributed by atoms with Crippen LogP contribution >= 0.6 is 0 Å². The molecule has 0 spiro atoms. The highest BCUT2D eigenvalue weighted by atomic mass is 16.5. The first-order chi connectivity index (χ1) is 8.38. The van der Waals surface area contributed by atoms with Crippen molar-refractivity contribution in [2.45, 2.75) is 52.2 Å². The fourth-order valence-corrected chi connectivity index (χ4v) is 2.40. The Morgan fingerprint density at radius 3 is 2.44 bits per heavy atom. The Hall–Kier alpha value is -1.10. The van der Waals surface area contributed by atoms with Crippen LogP contribution in [-0.2, 0) is 14.3 Å². The Kier molecular flexibility index (Phi) is 5.14. The molecule has 0 bridgehead atoms. The van der Waals surface area contributed by atoms with E-state index in [1.165, 1.54) is 0 Å². The molecule has 1 aliphatic heterocycles. The van der Waals surface area contributed by atoms with Gasteiger partial charge in [0, 0.05) is 7.11 Å². The standard InChI is InChI=1S/C13H24N2O3/c1-8(2)6-11-13(17)15(9(3)7-18-5)10(4)12(16)14-11/h8-11H,6-7H2,1-5H3,(H,14,16). The van der Waals surface area contributed by atoms with E-state index < -0.39 is 12.1 Å². The molecule has 1 heterocycles. The number of carbonyl (C=O) groups is 2. The summed E-state index contributed by atoms with van der Waals surface area (Å²) in [6.45, 7) is 8.19. The van der Waals surface area contributed by atoms with E-state index in [1.54, 1.807) is 18.9 Å². The van der Waals surface area contributed by atoms with Crippen LogP contribution in [0.1, 0.15) is 34.1 Å². The quantitative estimate of drug-likeness (QED) is 0.791. The molecule has 3 atom stereocenters. The molecule has 3 unspecified atom stereocenters. The van der Waals surface area contributed by atoms with Gasteiger partial charge in [-0.1, -0.05) is 13.8 Å². The number of carbonyl (C=O) groups excluding carboxylic acids is 2. The zero-order valence-electron chi connectivity index (χ0n) is 11.9. The van der Waals surface area contributed by atoms with E-state index in [0.717, 1.165) is 0 Å². The highest BCUT2D eigenvalue weighted by Crippen LogP contribution is 2.18. The van der Waals surface area contributed by atoms with Gasteiger partial charge in [0.05, 0.1) is 12.6 Å². The second-order valence-electron chi connectivity index (χ2n) is 5.42. The molecule has 0 aromatic heterocycles. The van der Waals surface area contributed by atoms with Gasteiger partial charge in [0.25, 0.3) is 0 Å². The van der Waals surface area contributed by atoms with Gasteiger partial charge in [-0.3, -0.25) is 9.59 Å². The number of amides is 2. The minimum absolute atomic E-state index is 0.000324. The summed E-state index contributed by atoms with van der Waals surface area (Å²) >= 11 is 0. The van der Waals surface area contributed by atoms with E-state index in [2.05, 4.69) is 5.32 Å². The second-order valence-corrected chi connectivity index (χ2v) is 5.42. The van der Waals surface area contributed by atoms with E-state index in [0.29, 0.717) is 18.9 Å². The first-order valence-electron chi connectivity index (χ1n) is 6.50. The average molecular weight is 256 g/mol. The van der Waals surface area contributed by atoms with E-state index in [1.807, 2.05) is 20.8 Å². The van der Waals surface area contributed by atoms with Crippen molar-refractivity contribution in [2.24, 2.45) is 5.92 Å². The number of nitrogens with one attached hydrogen (secondary N) is 1. The van der Waals surface area contributed by atoms with E-state index in [-0.39, 0.29) is 17.9 Å². The van der Waals surface area contributed by atoms with Gasteiger partial charge in [0.1, 0.15) is 12.1 Å². The van der Waals surface area contributed by atoms with Crippen molar-refractivity contribution in [2.75, 3.05) is 13.7 Å². The maximum atomic E-state index is 12.4. The predicted octanol–water partition coefficient (Wildman–Crippen LogP) is 0.783. The lowest BCUT2D eigenvalue weighted by atomic mass is 9.98. The molecule has 1 aliphatic rings. The van der Waals surface area contributed by atoms with Crippen molar-refractivity contribution in [1.29, 1.82) is 0 Å². The minimum Gasteiger partial charge on any atom is -0.383 e. The molecule has 0 aliphatic carbocycles. The molecule has 0 saturated carbocycles. The smallest absolute Gasteiger partial charge is 0.246 e. The summed E-state index contributed by atoms with van der Waals surface area (Å²) in [6.07, 6.45) is 0.674. The Labute approximate surface area is 109 Å². The first-order valence-corrected chi connectivity index (χ1v) is 6.50. The summed E-state index contributed by atoms with van der Waals surface area (Å²) in [5, 5.41) is 2.80. The number of rotatable bonds is 5. The molecular weight excluding hydrogens is 232 g/mol. The van der Waals surface area contributed by atoms with Crippen molar-refractivity contribution >= 4 is 11.8 Å². The van der Waals surface area contributed by atoms with Crippen molar-refractivity contribution in [1.82, 2.24) is 10.2 Å². The van der Waals surface area contributed by atoms with Crippen molar-refractivity contribution in [3.8, 4) is 0 Å². The van der Waals surface area contributed by atoms with Crippen LogP contribution in [-0.4, -0.2) is 48.6 Å². The van der Waals surface area contributed by atoms with Crippen LogP contribution in [0.4, 0.5) is 0 Å². The van der Waals surface area contributed by atoms with E-state index in [4.69, 9.17) is 4.74 Å². The van der Waals surface area contributed by atoms with Gasteiger partial charge in [-0.15, -0.1) is 0 Å². The zero-order chi connectivity index (χ0) is 13.9. The van der Waals surface area contributed by atoms with Crippen LogP contribution in [0.5, 0.6) is 0 Å². The topological polar surface area (TPSA) is 58.6 Å². The molecule has 104 valence electrons. The molecule has 2 amide bonds. The monoisotopic (exact) mass is 256 g/mol. The zero-order valence-corrected chi connectivity index (χ0v) is 11.9. The highest BCUT2D eigenvalue weighted by molar-refractivity contribution is 5.96. The molecule has 18 heavy (non-hydrogen) atoms. The lowest BCUT2D eigenvalue weighted by Gasteiger charge is -2.41. The lowest BCUT2D eigenvalue weighted by molar-refractivity contribution is -0.152. The predicted molar refractivity (Wildman–Crippen MR) is 69.0 cm³/mol. The largest absolute Gasteiger partial charge is 0.383 e. The summed E-state index contributed by atoms with van der Waals surface area (Å²) in [6, 6.07) is -0.905. The summed E-state index contributed by atoms with van der Waals surface area (Å²) in [5.74, 6) is 0.288. The van der Waals surface area contributed by atoms with Crippen LogP contribution < -0.4 is 5.32 Å². The second kappa shape index (κ2) is 6.18. The maximum Gasteiger partial charge on any atom is 0.246 e. The molecule has 1 rings (SSSR count). The highest BCUT2D eigenvalue weighted by Gasteiger charge is 2.40. The Bertz CT molecular complexity index is 317. The summed E-state index contributed by atoms with van der Waals surface area (Å²) in [5.41, 5.74) is 0. The Morgan fingerprint density at radius 1 is 1.33 bits per heavy atom. The van der Waals surface area contributed by atoms with Gasteiger partial charge in [0.2, 0.25) is 11.8 Å². The van der Waals surface area contributed by atoms with Crippen molar-refractivity contribution < 1.29 is 14.3 Å². The number of hydrogen-bond donors (Lipinski definition) is 1. The van der Waals surface area contributed by atoms with Crippen LogP contribution in [0.15, 0.2) is 0 Å². The fourth-order valence-electron chi connectivity index (χ4n) is 2.40. The molecule has 5 heteroatoms. The van der Waals surface area contributed by atoms with Gasteiger partial charge in [-0.2, -0.15) is 0 Å². The van der Waals surface area contributed by atoms with Crippen molar-refractivity contribution in [3.05, 3.63) is 0 Å².